The van der Waals surface area contributed by atoms with Crippen molar-refractivity contribution in [2.45, 2.75) is 66.0 Å². The lowest BCUT2D eigenvalue weighted by atomic mass is 9.90. The summed E-state index contributed by atoms with van der Waals surface area (Å²) in [7, 11) is 0. The third-order valence-corrected chi connectivity index (χ3v) is 4.95. The van der Waals surface area contributed by atoms with E-state index in [1.54, 1.807) is 0 Å². The normalized spacial score (nSPS) is 30.4. The SMILES string of the molecule is CCC(C)C1NC(=O)C(C(C)C)N(CC2(C)CC2)C1=O. The van der Waals surface area contributed by atoms with Gasteiger partial charge in [0.25, 0.3) is 0 Å². The molecule has 114 valence electrons. The van der Waals surface area contributed by atoms with Crippen molar-refractivity contribution in [3.8, 4) is 0 Å². The molecule has 0 aromatic rings. The van der Waals surface area contributed by atoms with Crippen LogP contribution in [0.5, 0.6) is 0 Å². The van der Waals surface area contributed by atoms with Gasteiger partial charge in [0.05, 0.1) is 0 Å². The van der Waals surface area contributed by atoms with Gasteiger partial charge in [0.1, 0.15) is 12.1 Å². The first-order valence-corrected chi connectivity index (χ1v) is 7.90. The van der Waals surface area contributed by atoms with Crippen LogP contribution in [0.4, 0.5) is 0 Å². The van der Waals surface area contributed by atoms with Gasteiger partial charge in [-0.05, 0) is 30.1 Å². The molecule has 0 bridgehead atoms. The predicted molar refractivity (Wildman–Crippen MR) is 79.1 cm³/mol. The minimum Gasteiger partial charge on any atom is -0.342 e. The van der Waals surface area contributed by atoms with Crippen molar-refractivity contribution in [2.75, 3.05) is 6.54 Å². The molecule has 2 rings (SSSR count). The summed E-state index contributed by atoms with van der Waals surface area (Å²) in [4.78, 5) is 27.1. The Morgan fingerprint density at radius 2 is 1.90 bits per heavy atom. The van der Waals surface area contributed by atoms with E-state index < -0.39 is 0 Å². The number of carbonyl (C=O) groups is 2. The summed E-state index contributed by atoms with van der Waals surface area (Å²) in [5, 5.41) is 2.95. The van der Waals surface area contributed by atoms with Crippen molar-refractivity contribution >= 4 is 11.8 Å². The fourth-order valence-electron chi connectivity index (χ4n) is 3.00. The molecule has 2 amide bonds. The Morgan fingerprint density at radius 3 is 2.35 bits per heavy atom. The van der Waals surface area contributed by atoms with E-state index in [4.69, 9.17) is 0 Å². The smallest absolute Gasteiger partial charge is 0.246 e. The zero-order valence-electron chi connectivity index (χ0n) is 13.4. The van der Waals surface area contributed by atoms with Crippen molar-refractivity contribution < 1.29 is 9.59 Å². The molecular formula is C16H28N2O2. The molecule has 1 aliphatic heterocycles. The van der Waals surface area contributed by atoms with Gasteiger partial charge in [0.15, 0.2) is 0 Å². The quantitative estimate of drug-likeness (QED) is 0.839. The van der Waals surface area contributed by atoms with Crippen LogP contribution in [0.2, 0.25) is 0 Å². The largest absolute Gasteiger partial charge is 0.342 e. The molecule has 1 heterocycles. The summed E-state index contributed by atoms with van der Waals surface area (Å²) in [6.07, 6.45) is 3.22. The van der Waals surface area contributed by atoms with Gasteiger partial charge in [-0.2, -0.15) is 0 Å². The number of rotatable bonds is 5. The Balaban J connectivity index is 2.23. The van der Waals surface area contributed by atoms with Crippen molar-refractivity contribution in [3.63, 3.8) is 0 Å². The molecule has 2 aliphatic rings. The molecule has 0 spiro atoms. The standard InChI is InChI=1S/C16H28N2O2/c1-6-11(4)12-15(20)18(9-16(5)7-8-16)13(10(2)3)14(19)17-12/h10-13H,6-9H2,1-5H3,(H,17,19). The summed E-state index contributed by atoms with van der Waals surface area (Å²) in [5.41, 5.74) is 0.237. The third kappa shape index (κ3) is 2.84. The zero-order valence-corrected chi connectivity index (χ0v) is 13.4. The average molecular weight is 280 g/mol. The van der Waals surface area contributed by atoms with Crippen LogP contribution in [0.25, 0.3) is 0 Å². The lowest BCUT2D eigenvalue weighted by Gasteiger charge is -2.43. The lowest BCUT2D eigenvalue weighted by Crippen LogP contribution is -2.66. The van der Waals surface area contributed by atoms with Crippen molar-refractivity contribution in [3.05, 3.63) is 0 Å². The van der Waals surface area contributed by atoms with E-state index in [9.17, 15) is 9.59 Å². The number of hydrogen-bond acceptors (Lipinski definition) is 2. The number of hydrogen-bond donors (Lipinski definition) is 1. The van der Waals surface area contributed by atoms with E-state index in [1.807, 2.05) is 25.7 Å². The molecule has 1 saturated heterocycles. The molecule has 4 nitrogen and oxygen atoms in total. The van der Waals surface area contributed by atoms with Gasteiger partial charge in [0, 0.05) is 6.54 Å². The average Bonchev–Trinajstić information content (AvgIpc) is 3.09. The van der Waals surface area contributed by atoms with Crippen LogP contribution in [-0.2, 0) is 9.59 Å². The van der Waals surface area contributed by atoms with Crippen LogP contribution in [-0.4, -0.2) is 35.3 Å². The van der Waals surface area contributed by atoms with Gasteiger partial charge in [0.2, 0.25) is 11.8 Å². The number of piperazine rings is 1. The monoisotopic (exact) mass is 280 g/mol. The summed E-state index contributed by atoms with van der Waals surface area (Å²) >= 11 is 0. The van der Waals surface area contributed by atoms with Crippen molar-refractivity contribution in [1.29, 1.82) is 0 Å². The van der Waals surface area contributed by atoms with Crippen LogP contribution in [0, 0.1) is 17.3 Å². The van der Waals surface area contributed by atoms with Gasteiger partial charge in [-0.3, -0.25) is 9.59 Å². The third-order valence-electron chi connectivity index (χ3n) is 4.95. The molecule has 4 heteroatoms. The van der Waals surface area contributed by atoms with E-state index in [-0.39, 0.29) is 41.1 Å². The second kappa shape index (κ2) is 5.38. The first-order chi connectivity index (χ1) is 9.29. The Morgan fingerprint density at radius 1 is 1.30 bits per heavy atom. The van der Waals surface area contributed by atoms with Gasteiger partial charge in [-0.25, -0.2) is 0 Å². The van der Waals surface area contributed by atoms with Crippen LogP contribution in [0.15, 0.2) is 0 Å². The molecule has 0 radical (unpaired) electrons. The Labute approximate surface area is 122 Å². The van der Waals surface area contributed by atoms with E-state index in [0.717, 1.165) is 25.8 Å². The van der Waals surface area contributed by atoms with E-state index in [2.05, 4.69) is 19.2 Å². The summed E-state index contributed by atoms with van der Waals surface area (Å²) in [6, 6.07) is -0.648. The van der Waals surface area contributed by atoms with Crippen LogP contribution >= 0.6 is 0 Å². The number of amides is 2. The highest BCUT2D eigenvalue weighted by Crippen LogP contribution is 2.46. The fraction of sp³-hybridized carbons (Fsp3) is 0.875. The predicted octanol–water partition coefficient (Wildman–Crippen LogP) is 2.18. The topological polar surface area (TPSA) is 49.4 Å². The van der Waals surface area contributed by atoms with Crippen LogP contribution in [0.3, 0.4) is 0 Å². The highest BCUT2D eigenvalue weighted by molar-refractivity contribution is 5.97. The van der Waals surface area contributed by atoms with Crippen LogP contribution in [0.1, 0.15) is 53.9 Å². The second-order valence-electron chi connectivity index (χ2n) is 7.34. The van der Waals surface area contributed by atoms with Gasteiger partial charge < -0.3 is 10.2 Å². The minimum atomic E-state index is -0.343. The summed E-state index contributed by atoms with van der Waals surface area (Å²) < 4.78 is 0. The van der Waals surface area contributed by atoms with Crippen molar-refractivity contribution in [2.24, 2.45) is 17.3 Å². The Hall–Kier alpha value is -1.06. The number of carbonyl (C=O) groups excluding carboxylic acids is 2. The molecule has 2 fully saturated rings. The molecule has 0 aromatic carbocycles. The Bertz CT molecular complexity index is 401. The zero-order chi connectivity index (χ0) is 15.1. The van der Waals surface area contributed by atoms with Crippen LogP contribution < -0.4 is 5.32 Å². The van der Waals surface area contributed by atoms with Crippen molar-refractivity contribution in [1.82, 2.24) is 10.2 Å². The summed E-state index contributed by atoms with van der Waals surface area (Å²) in [5.74, 6) is 0.480. The van der Waals surface area contributed by atoms with Gasteiger partial charge >= 0.3 is 0 Å². The minimum absolute atomic E-state index is 0.0224. The molecule has 3 atom stereocenters. The highest BCUT2D eigenvalue weighted by atomic mass is 16.2. The van der Waals surface area contributed by atoms with E-state index in [1.165, 1.54) is 0 Å². The first-order valence-electron chi connectivity index (χ1n) is 7.90. The molecule has 20 heavy (non-hydrogen) atoms. The highest BCUT2D eigenvalue weighted by Gasteiger charge is 2.48. The maximum absolute atomic E-state index is 12.8. The molecule has 1 aliphatic carbocycles. The number of nitrogens with one attached hydrogen (secondary N) is 1. The maximum atomic E-state index is 12.8. The maximum Gasteiger partial charge on any atom is 0.246 e. The number of nitrogens with zero attached hydrogens (tertiary/aromatic N) is 1. The fourth-order valence-corrected chi connectivity index (χ4v) is 3.00. The molecular weight excluding hydrogens is 252 g/mol. The first kappa shape index (κ1) is 15.3. The molecule has 0 aromatic heterocycles. The lowest BCUT2D eigenvalue weighted by molar-refractivity contribution is -0.153. The molecule has 3 unspecified atom stereocenters. The van der Waals surface area contributed by atoms with E-state index >= 15 is 0 Å². The Kier molecular flexibility index (Phi) is 4.12. The molecule has 1 saturated carbocycles. The second-order valence-corrected chi connectivity index (χ2v) is 7.34. The summed E-state index contributed by atoms with van der Waals surface area (Å²) in [6.45, 7) is 11.1. The van der Waals surface area contributed by atoms with Gasteiger partial charge in [-0.15, -0.1) is 0 Å². The van der Waals surface area contributed by atoms with E-state index in [0.29, 0.717) is 0 Å². The molecule has 1 N–H and O–H groups in total. The van der Waals surface area contributed by atoms with Gasteiger partial charge in [-0.1, -0.05) is 41.0 Å².